The maximum Gasteiger partial charge on any atom is 0.261 e. The lowest BCUT2D eigenvalue weighted by Crippen LogP contribution is -2.45. The number of hydrogen-bond donors (Lipinski definition) is 1. The molecule has 0 saturated carbocycles. The number of nitrogens with one attached hydrogen (secondary N) is 1. The third-order valence-corrected chi connectivity index (χ3v) is 7.18. The van der Waals surface area contributed by atoms with Crippen LogP contribution in [0.3, 0.4) is 0 Å². The van der Waals surface area contributed by atoms with Gasteiger partial charge in [-0.15, -0.1) is 11.3 Å². The first-order valence-electron chi connectivity index (χ1n) is 10.7. The van der Waals surface area contributed by atoms with Gasteiger partial charge >= 0.3 is 0 Å². The standard InChI is InChI=1S/C25H25N3O2S/c29-24(23-11-6-14-31-23)26-15-20-12-13-21-17-28(25(30)18-7-2-1-3-8-18)22-10-5-4-9-19(22)16-27(20)21/h1-11,14,20-21H,12-13,15-17H2,(H,26,29)/t20-,21-/m0/s1. The average molecular weight is 432 g/mol. The predicted octanol–water partition coefficient (Wildman–Crippen LogP) is 4.17. The van der Waals surface area contributed by atoms with Gasteiger partial charge in [0.05, 0.1) is 4.88 Å². The summed E-state index contributed by atoms with van der Waals surface area (Å²) in [6.45, 7) is 2.08. The number of para-hydroxylation sites is 1. The summed E-state index contributed by atoms with van der Waals surface area (Å²) in [7, 11) is 0. The first-order valence-corrected chi connectivity index (χ1v) is 11.6. The number of hydrogen-bond acceptors (Lipinski definition) is 4. The molecule has 5 rings (SSSR count). The van der Waals surface area contributed by atoms with Gasteiger partial charge in [0, 0.05) is 43.0 Å². The largest absolute Gasteiger partial charge is 0.350 e. The SMILES string of the molecule is O=C(NC[C@@H]1CC[C@H]2CN(C(=O)c3ccccc3)c3ccccc3CN12)c1cccs1. The second kappa shape index (κ2) is 8.65. The van der Waals surface area contributed by atoms with E-state index in [4.69, 9.17) is 0 Å². The highest BCUT2D eigenvalue weighted by Gasteiger charge is 2.39. The van der Waals surface area contributed by atoms with Crippen molar-refractivity contribution in [2.45, 2.75) is 31.5 Å². The molecule has 1 fully saturated rings. The molecule has 2 aliphatic rings. The number of carbonyl (C=O) groups is 2. The van der Waals surface area contributed by atoms with E-state index in [1.165, 1.54) is 11.3 Å². The van der Waals surface area contributed by atoms with Crippen LogP contribution in [0.4, 0.5) is 5.69 Å². The molecule has 2 atom stereocenters. The van der Waals surface area contributed by atoms with Crippen molar-refractivity contribution in [1.29, 1.82) is 0 Å². The molecule has 1 saturated heterocycles. The van der Waals surface area contributed by atoms with Crippen molar-refractivity contribution in [3.8, 4) is 0 Å². The van der Waals surface area contributed by atoms with Crippen LogP contribution < -0.4 is 10.2 Å². The number of fused-ring (bicyclic) bond motifs is 2. The molecule has 3 heterocycles. The molecule has 0 unspecified atom stereocenters. The highest BCUT2D eigenvalue weighted by atomic mass is 32.1. The molecule has 2 aliphatic heterocycles. The van der Waals surface area contributed by atoms with E-state index in [1.807, 2.05) is 70.9 Å². The fraction of sp³-hybridized carbons (Fsp3) is 0.280. The van der Waals surface area contributed by atoms with Crippen LogP contribution in [-0.4, -0.2) is 41.9 Å². The molecule has 6 heteroatoms. The van der Waals surface area contributed by atoms with Crippen molar-refractivity contribution in [2.24, 2.45) is 0 Å². The Hall–Kier alpha value is -2.96. The zero-order chi connectivity index (χ0) is 21.2. The van der Waals surface area contributed by atoms with Crippen LogP contribution in [-0.2, 0) is 6.54 Å². The lowest BCUT2D eigenvalue weighted by atomic mass is 10.1. The molecule has 0 bridgehead atoms. The van der Waals surface area contributed by atoms with Gasteiger partial charge in [-0.2, -0.15) is 0 Å². The third-order valence-electron chi connectivity index (χ3n) is 6.31. The molecule has 1 aromatic heterocycles. The zero-order valence-electron chi connectivity index (χ0n) is 17.2. The summed E-state index contributed by atoms with van der Waals surface area (Å²) in [6, 6.07) is 22.0. The van der Waals surface area contributed by atoms with Gasteiger partial charge in [0.1, 0.15) is 0 Å². The zero-order valence-corrected chi connectivity index (χ0v) is 18.1. The van der Waals surface area contributed by atoms with E-state index in [-0.39, 0.29) is 23.9 Å². The minimum Gasteiger partial charge on any atom is -0.350 e. The Balaban J connectivity index is 1.37. The Morgan fingerprint density at radius 3 is 2.58 bits per heavy atom. The van der Waals surface area contributed by atoms with E-state index in [1.54, 1.807) is 0 Å². The molecule has 3 aromatic rings. The van der Waals surface area contributed by atoms with Crippen molar-refractivity contribution >= 4 is 28.8 Å². The van der Waals surface area contributed by atoms with Gasteiger partial charge in [-0.05, 0) is 48.1 Å². The normalized spacial score (nSPS) is 20.6. The number of thiophene rings is 1. The number of anilines is 1. The maximum atomic E-state index is 13.4. The lowest BCUT2D eigenvalue weighted by Gasteiger charge is -2.29. The minimum absolute atomic E-state index is 0.00504. The van der Waals surface area contributed by atoms with E-state index in [0.29, 0.717) is 18.7 Å². The summed E-state index contributed by atoms with van der Waals surface area (Å²) in [5, 5.41) is 5.03. The summed E-state index contributed by atoms with van der Waals surface area (Å²) in [5.74, 6) is 0.0407. The molecular weight excluding hydrogens is 406 g/mol. The Bertz CT molecular complexity index is 1070. The third kappa shape index (κ3) is 4.01. The fourth-order valence-electron chi connectivity index (χ4n) is 4.74. The van der Waals surface area contributed by atoms with Gasteiger partial charge in [0.2, 0.25) is 0 Å². The molecular formula is C25H25N3O2S. The van der Waals surface area contributed by atoms with Crippen molar-refractivity contribution in [3.05, 3.63) is 88.1 Å². The van der Waals surface area contributed by atoms with Crippen molar-refractivity contribution in [2.75, 3.05) is 18.0 Å². The van der Waals surface area contributed by atoms with Crippen LogP contribution >= 0.6 is 11.3 Å². The smallest absolute Gasteiger partial charge is 0.261 e. The van der Waals surface area contributed by atoms with Crippen LogP contribution in [0.15, 0.2) is 72.1 Å². The van der Waals surface area contributed by atoms with Gasteiger partial charge in [-0.3, -0.25) is 14.5 Å². The highest BCUT2D eigenvalue weighted by Crippen LogP contribution is 2.35. The highest BCUT2D eigenvalue weighted by molar-refractivity contribution is 7.12. The molecule has 5 nitrogen and oxygen atoms in total. The van der Waals surface area contributed by atoms with E-state index in [9.17, 15) is 9.59 Å². The number of benzene rings is 2. The predicted molar refractivity (Wildman–Crippen MR) is 124 cm³/mol. The average Bonchev–Trinajstić information content (AvgIpc) is 3.44. The molecule has 1 N–H and O–H groups in total. The summed E-state index contributed by atoms with van der Waals surface area (Å²) >= 11 is 1.46. The van der Waals surface area contributed by atoms with Crippen molar-refractivity contribution < 1.29 is 9.59 Å². The van der Waals surface area contributed by atoms with Gasteiger partial charge in [-0.25, -0.2) is 0 Å². The summed E-state index contributed by atoms with van der Waals surface area (Å²) in [6.07, 6.45) is 2.04. The molecule has 2 amide bonds. The number of nitrogens with zero attached hydrogens (tertiary/aromatic N) is 2. The van der Waals surface area contributed by atoms with Crippen molar-refractivity contribution in [1.82, 2.24) is 10.2 Å². The molecule has 2 aromatic carbocycles. The van der Waals surface area contributed by atoms with Crippen molar-refractivity contribution in [3.63, 3.8) is 0 Å². The summed E-state index contributed by atoms with van der Waals surface area (Å²) in [4.78, 5) is 31.0. The Labute approximate surface area is 186 Å². The van der Waals surface area contributed by atoms with E-state index in [0.717, 1.165) is 35.5 Å². The second-order valence-corrected chi connectivity index (χ2v) is 9.10. The Morgan fingerprint density at radius 2 is 1.77 bits per heavy atom. The van der Waals surface area contributed by atoms with Gasteiger partial charge < -0.3 is 10.2 Å². The lowest BCUT2D eigenvalue weighted by molar-refractivity contribution is 0.0938. The van der Waals surface area contributed by atoms with E-state index < -0.39 is 0 Å². The van der Waals surface area contributed by atoms with Crippen LogP contribution in [0.2, 0.25) is 0 Å². The molecule has 0 spiro atoms. The first kappa shape index (κ1) is 20.0. The molecule has 0 radical (unpaired) electrons. The van der Waals surface area contributed by atoms with Gasteiger partial charge in [0.25, 0.3) is 11.8 Å². The monoisotopic (exact) mass is 431 g/mol. The number of amides is 2. The van der Waals surface area contributed by atoms with E-state index in [2.05, 4.69) is 16.3 Å². The quantitative estimate of drug-likeness (QED) is 0.675. The van der Waals surface area contributed by atoms with Crippen LogP contribution in [0.1, 0.15) is 38.4 Å². The second-order valence-electron chi connectivity index (χ2n) is 8.16. The molecule has 31 heavy (non-hydrogen) atoms. The number of rotatable bonds is 4. The van der Waals surface area contributed by atoms with Crippen LogP contribution in [0.25, 0.3) is 0 Å². The van der Waals surface area contributed by atoms with Gasteiger partial charge in [0.15, 0.2) is 0 Å². The number of carbonyl (C=O) groups excluding carboxylic acids is 2. The first-order chi connectivity index (χ1) is 15.2. The Kier molecular flexibility index (Phi) is 5.57. The van der Waals surface area contributed by atoms with Crippen LogP contribution in [0, 0.1) is 0 Å². The Morgan fingerprint density at radius 1 is 0.968 bits per heavy atom. The van der Waals surface area contributed by atoms with Crippen LogP contribution in [0.5, 0.6) is 0 Å². The topological polar surface area (TPSA) is 52.7 Å². The molecule has 158 valence electrons. The minimum atomic E-state index is -0.00504. The summed E-state index contributed by atoms with van der Waals surface area (Å²) < 4.78 is 0. The van der Waals surface area contributed by atoms with E-state index >= 15 is 0 Å². The molecule has 0 aliphatic carbocycles. The summed E-state index contributed by atoms with van der Waals surface area (Å²) in [5.41, 5.74) is 2.86. The van der Waals surface area contributed by atoms with Gasteiger partial charge in [-0.1, -0.05) is 42.5 Å². The fourth-order valence-corrected chi connectivity index (χ4v) is 5.38. The maximum absolute atomic E-state index is 13.4.